The summed E-state index contributed by atoms with van der Waals surface area (Å²) in [4.78, 5) is 20.8. The lowest BCUT2D eigenvalue weighted by atomic mass is 10.2. The van der Waals surface area contributed by atoms with Crippen molar-refractivity contribution in [3.8, 4) is 11.5 Å². The van der Waals surface area contributed by atoms with Gasteiger partial charge >= 0.3 is 0 Å². The van der Waals surface area contributed by atoms with Crippen molar-refractivity contribution in [2.45, 2.75) is 31.8 Å². The Balaban J connectivity index is 0.00000264. The van der Waals surface area contributed by atoms with Crippen LogP contribution in [0.25, 0.3) is 22.1 Å². The van der Waals surface area contributed by atoms with Crippen LogP contribution in [0.15, 0.2) is 61.2 Å². The summed E-state index contributed by atoms with van der Waals surface area (Å²) in [7, 11) is 1.98. The molecule has 5 heterocycles. The monoisotopic (exact) mass is 528 g/mol. The second-order valence-corrected chi connectivity index (χ2v) is 10.0. The number of benzene rings is 2. The number of aromatic nitrogens is 5. The highest BCUT2D eigenvalue weighted by atomic mass is 35.5. The van der Waals surface area contributed by atoms with E-state index in [9.17, 15) is 0 Å². The van der Waals surface area contributed by atoms with E-state index in [1.54, 1.807) is 6.33 Å². The van der Waals surface area contributed by atoms with Crippen LogP contribution in [-0.4, -0.2) is 49.7 Å². The van der Waals surface area contributed by atoms with Crippen LogP contribution >= 0.6 is 12.4 Å². The van der Waals surface area contributed by atoms with Crippen LogP contribution in [0.1, 0.15) is 18.4 Å². The van der Waals surface area contributed by atoms with Crippen LogP contribution in [0.5, 0.6) is 11.5 Å². The summed E-state index contributed by atoms with van der Waals surface area (Å²) < 4.78 is 8.17. The molecule has 0 spiro atoms. The number of hydrogen-bond acceptors (Lipinski definition) is 8. The number of nitrogens with one attached hydrogen (secondary N) is 2. The number of imidazole rings is 1. The van der Waals surface area contributed by atoms with Gasteiger partial charge in [-0.25, -0.2) is 19.9 Å². The minimum atomic E-state index is 0. The van der Waals surface area contributed by atoms with Crippen molar-refractivity contribution in [3.63, 3.8) is 0 Å². The standard InChI is InChI=1S/C28H28N8O.ClH/c1-17-11-18(5-9-25(17)37-21-6-8-24-23(12-21)31-16-35(24)2)33-28-27-22(29-15-30-28)7-10-26(34-27)36-13-19-3-4-20(14-36)32-19;/h5-12,15-16,19-20,32H,3-4,13-14H2,1-2H3,(H,29,30,33);1H. The van der Waals surface area contributed by atoms with Crippen molar-refractivity contribution in [2.24, 2.45) is 7.05 Å². The Labute approximate surface area is 226 Å². The highest BCUT2D eigenvalue weighted by Crippen LogP contribution is 2.32. The Morgan fingerprint density at radius 3 is 2.61 bits per heavy atom. The van der Waals surface area contributed by atoms with Crippen molar-refractivity contribution in [1.82, 2.24) is 29.8 Å². The third kappa shape index (κ3) is 4.48. The van der Waals surface area contributed by atoms with Gasteiger partial charge in [0, 0.05) is 44.0 Å². The summed E-state index contributed by atoms with van der Waals surface area (Å²) in [6, 6.07) is 17.2. The molecule has 2 aromatic carbocycles. The SMILES string of the molecule is Cc1cc(Nc2ncnc3ccc(N4CC5CCC(C4)N5)nc23)ccc1Oc1ccc2c(c1)ncn2C.Cl. The number of pyridine rings is 1. The van der Waals surface area contributed by atoms with E-state index in [-0.39, 0.29) is 12.4 Å². The number of anilines is 3. The zero-order chi connectivity index (χ0) is 24.9. The summed E-state index contributed by atoms with van der Waals surface area (Å²) in [5.74, 6) is 3.23. The molecule has 38 heavy (non-hydrogen) atoms. The Hall–Kier alpha value is -3.95. The average Bonchev–Trinajstić information content (AvgIpc) is 3.45. The molecule has 2 atom stereocenters. The van der Waals surface area contributed by atoms with Crippen molar-refractivity contribution in [2.75, 3.05) is 23.3 Å². The number of fused-ring (bicyclic) bond motifs is 4. The number of hydrogen-bond donors (Lipinski definition) is 2. The van der Waals surface area contributed by atoms with Gasteiger partial charge in [0.25, 0.3) is 0 Å². The fraction of sp³-hybridized carbons (Fsp3) is 0.286. The van der Waals surface area contributed by atoms with E-state index in [0.29, 0.717) is 17.9 Å². The first-order valence-electron chi connectivity index (χ1n) is 12.7. The number of halogens is 1. The molecule has 2 N–H and O–H groups in total. The first kappa shape index (κ1) is 24.4. The minimum absolute atomic E-state index is 0. The van der Waals surface area contributed by atoms with Gasteiger partial charge in [-0.15, -0.1) is 12.4 Å². The number of nitrogens with zero attached hydrogens (tertiary/aromatic N) is 6. The molecule has 2 aliphatic heterocycles. The molecule has 0 radical (unpaired) electrons. The Bertz CT molecular complexity index is 1620. The number of piperazine rings is 1. The smallest absolute Gasteiger partial charge is 0.160 e. The van der Waals surface area contributed by atoms with E-state index in [0.717, 1.165) is 63.7 Å². The van der Waals surface area contributed by atoms with Crippen molar-refractivity contribution in [3.05, 3.63) is 66.7 Å². The largest absolute Gasteiger partial charge is 0.457 e. The lowest BCUT2D eigenvalue weighted by molar-refractivity contribution is 0.464. The van der Waals surface area contributed by atoms with Crippen LogP contribution in [0.3, 0.4) is 0 Å². The minimum Gasteiger partial charge on any atom is -0.457 e. The molecule has 3 aromatic heterocycles. The van der Waals surface area contributed by atoms with Gasteiger partial charge in [-0.1, -0.05) is 0 Å². The number of aryl methyl sites for hydroxylation is 2. The lowest BCUT2D eigenvalue weighted by Crippen LogP contribution is -2.51. The van der Waals surface area contributed by atoms with Gasteiger partial charge in [-0.3, -0.25) is 0 Å². The van der Waals surface area contributed by atoms with Gasteiger partial charge in [0.05, 0.1) is 22.9 Å². The second kappa shape index (κ2) is 9.74. The lowest BCUT2D eigenvalue weighted by Gasteiger charge is -2.33. The van der Waals surface area contributed by atoms with Crippen LogP contribution < -0.4 is 20.3 Å². The van der Waals surface area contributed by atoms with Crippen LogP contribution in [-0.2, 0) is 7.05 Å². The van der Waals surface area contributed by atoms with Crippen molar-refractivity contribution >= 4 is 51.8 Å². The number of ether oxygens (including phenoxy) is 1. The fourth-order valence-corrected chi connectivity index (χ4v) is 5.47. The molecule has 2 aliphatic rings. The summed E-state index contributed by atoms with van der Waals surface area (Å²) >= 11 is 0. The van der Waals surface area contributed by atoms with E-state index < -0.39 is 0 Å². The quantitative estimate of drug-likeness (QED) is 0.325. The third-order valence-corrected chi connectivity index (χ3v) is 7.37. The fourth-order valence-electron chi connectivity index (χ4n) is 5.47. The zero-order valence-corrected chi connectivity index (χ0v) is 22.1. The first-order valence-corrected chi connectivity index (χ1v) is 12.7. The normalized spacial score (nSPS) is 18.5. The topological polar surface area (TPSA) is 93.0 Å². The van der Waals surface area contributed by atoms with Gasteiger partial charge in [0.15, 0.2) is 5.82 Å². The molecule has 2 fully saturated rings. The molecule has 9 nitrogen and oxygen atoms in total. The molecule has 10 heteroatoms. The van der Waals surface area contributed by atoms with Crippen molar-refractivity contribution in [1.29, 1.82) is 0 Å². The molecule has 194 valence electrons. The van der Waals surface area contributed by atoms with Gasteiger partial charge in [0.2, 0.25) is 0 Å². The predicted molar refractivity (Wildman–Crippen MR) is 152 cm³/mol. The van der Waals surface area contributed by atoms with Gasteiger partial charge in [-0.05, 0) is 67.8 Å². The van der Waals surface area contributed by atoms with E-state index in [1.165, 1.54) is 12.8 Å². The molecule has 5 aromatic rings. The maximum Gasteiger partial charge on any atom is 0.160 e. The Morgan fingerprint density at radius 2 is 1.79 bits per heavy atom. The van der Waals surface area contributed by atoms with Crippen molar-refractivity contribution < 1.29 is 4.74 Å². The molecule has 2 bridgehead atoms. The molecular formula is C28H29ClN8O. The molecule has 7 rings (SSSR count). The number of rotatable bonds is 5. The zero-order valence-electron chi connectivity index (χ0n) is 21.3. The first-order chi connectivity index (χ1) is 18.1. The van der Waals surface area contributed by atoms with Crippen LogP contribution in [0.2, 0.25) is 0 Å². The van der Waals surface area contributed by atoms with E-state index in [1.807, 2.05) is 61.3 Å². The van der Waals surface area contributed by atoms with E-state index in [2.05, 4.69) is 42.6 Å². The predicted octanol–water partition coefficient (Wildman–Crippen LogP) is 5.12. The molecule has 0 amide bonds. The van der Waals surface area contributed by atoms with Gasteiger partial charge in [-0.2, -0.15) is 0 Å². The Morgan fingerprint density at radius 1 is 0.947 bits per heavy atom. The van der Waals surface area contributed by atoms with Crippen LogP contribution in [0, 0.1) is 6.92 Å². The highest BCUT2D eigenvalue weighted by Gasteiger charge is 2.32. The maximum atomic E-state index is 6.18. The van der Waals surface area contributed by atoms with E-state index >= 15 is 0 Å². The summed E-state index contributed by atoms with van der Waals surface area (Å²) in [5.41, 5.74) is 5.49. The molecule has 2 saturated heterocycles. The summed E-state index contributed by atoms with van der Waals surface area (Å²) in [6.45, 7) is 4.01. The maximum absolute atomic E-state index is 6.18. The summed E-state index contributed by atoms with van der Waals surface area (Å²) in [6.07, 6.45) is 5.86. The van der Waals surface area contributed by atoms with E-state index in [4.69, 9.17) is 9.72 Å². The highest BCUT2D eigenvalue weighted by molar-refractivity contribution is 5.88. The molecule has 0 saturated carbocycles. The Kier molecular flexibility index (Phi) is 6.25. The summed E-state index contributed by atoms with van der Waals surface area (Å²) in [5, 5.41) is 7.14. The molecule has 0 aliphatic carbocycles. The van der Waals surface area contributed by atoms with Crippen LogP contribution in [0.4, 0.5) is 17.3 Å². The third-order valence-electron chi connectivity index (χ3n) is 7.37. The van der Waals surface area contributed by atoms with Gasteiger partial charge < -0.3 is 24.8 Å². The molecular weight excluding hydrogens is 500 g/mol. The average molecular weight is 529 g/mol. The van der Waals surface area contributed by atoms with Gasteiger partial charge in [0.1, 0.15) is 29.2 Å². The second-order valence-electron chi connectivity index (χ2n) is 10.0. The molecule has 2 unspecified atom stereocenters.